The van der Waals surface area contributed by atoms with Crippen LogP contribution in [0.4, 0.5) is 0 Å². The lowest BCUT2D eigenvalue weighted by molar-refractivity contribution is -0.187. The Labute approximate surface area is 134 Å². The van der Waals surface area contributed by atoms with Gasteiger partial charge in [-0.1, -0.05) is 20.3 Å². The Morgan fingerprint density at radius 1 is 1.00 bits per heavy atom. The minimum absolute atomic E-state index is 0.290. The van der Waals surface area contributed by atoms with Gasteiger partial charge >= 0.3 is 5.97 Å². The molecule has 6 rings (SSSR count). The van der Waals surface area contributed by atoms with Crippen LogP contribution in [0.2, 0.25) is 0 Å². The maximum atomic E-state index is 12.0. The highest BCUT2D eigenvalue weighted by Gasteiger charge is 2.78. The van der Waals surface area contributed by atoms with Gasteiger partial charge in [0, 0.05) is 0 Å². The SMILES string of the molecule is C[C@@]12CCC[C@@](C)(C(=O)O)C1CC[C@@]13CC4[C@H](CC12)[C@]4(C)C3. The van der Waals surface area contributed by atoms with Crippen molar-refractivity contribution in [2.75, 3.05) is 0 Å². The first-order chi connectivity index (χ1) is 10.3. The molecule has 0 aromatic carbocycles. The summed E-state index contributed by atoms with van der Waals surface area (Å²) in [5.41, 5.74) is 1.10. The predicted octanol–water partition coefficient (Wildman–Crippen LogP) is 4.73. The molecule has 6 aliphatic rings. The first-order valence-corrected chi connectivity index (χ1v) is 9.50. The fourth-order valence-electron chi connectivity index (χ4n) is 8.87. The first-order valence-electron chi connectivity index (χ1n) is 9.50. The number of carboxylic acid groups (broad SMARTS) is 1. The van der Waals surface area contributed by atoms with Gasteiger partial charge in [-0.15, -0.1) is 0 Å². The van der Waals surface area contributed by atoms with Crippen LogP contribution in [0.15, 0.2) is 0 Å². The van der Waals surface area contributed by atoms with E-state index in [1.807, 2.05) is 0 Å². The van der Waals surface area contributed by atoms with Gasteiger partial charge in [-0.3, -0.25) is 4.79 Å². The van der Waals surface area contributed by atoms with E-state index in [0.29, 0.717) is 22.2 Å². The fourth-order valence-corrected chi connectivity index (χ4v) is 8.87. The molecule has 0 radical (unpaired) electrons. The summed E-state index contributed by atoms with van der Waals surface area (Å²) in [5.74, 6) is 2.70. The van der Waals surface area contributed by atoms with Gasteiger partial charge in [-0.2, -0.15) is 0 Å². The molecule has 6 aliphatic carbocycles. The molecular formula is C20H30O2. The number of carbonyl (C=O) groups is 1. The molecule has 4 bridgehead atoms. The molecule has 6 fully saturated rings. The van der Waals surface area contributed by atoms with Gasteiger partial charge in [0.05, 0.1) is 5.41 Å². The minimum atomic E-state index is -0.530. The van der Waals surface area contributed by atoms with Crippen molar-refractivity contribution in [3.63, 3.8) is 0 Å². The van der Waals surface area contributed by atoms with Crippen molar-refractivity contribution in [1.82, 2.24) is 0 Å². The summed E-state index contributed by atoms with van der Waals surface area (Å²) in [6.07, 6.45) is 10.1. The lowest BCUT2D eigenvalue weighted by Gasteiger charge is -2.65. The van der Waals surface area contributed by atoms with E-state index >= 15 is 0 Å². The highest BCUT2D eigenvalue weighted by molar-refractivity contribution is 5.75. The van der Waals surface area contributed by atoms with Gasteiger partial charge in [0.1, 0.15) is 0 Å². The topological polar surface area (TPSA) is 37.3 Å². The van der Waals surface area contributed by atoms with Crippen LogP contribution in [0.3, 0.4) is 0 Å². The quantitative estimate of drug-likeness (QED) is 0.760. The van der Waals surface area contributed by atoms with E-state index in [9.17, 15) is 9.90 Å². The average molecular weight is 302 g/mol. The third kappa shape index (κ3) is 1.26. The van der Waals surface area contributed by atoms with Crippen LogP contribution in [-0.4, -0.2) is 11.1 Å². The highest BCUT2D eigenvalue weighted by atomic mass is 16.4. The second-order valence-corrected chi connectivity index (χ2v) is 10.4. The number of carboxylic acids is 1. The average Bonchev–Trinajstić information content (AvgIpc) is 2.89. The van der Waals surface area contributed by atoms with E-state index in [4.69, 9.17) is 0 Å². The van der Waals surface area contributed by atoms with Gasteiger partial charge in [-0.25, -0.2) is 0 Å². The van der Waals surface area contributed by atoms with E-state index in [0.717, 1.165) is 30.6 Å². The molecule has 8 atom stereocenters. The Kier molecular flexibility index (Phi) is 2.27. The molecular weight excluding hydrogens is 272 g/mol. The molecule has 0 aromatic rings. The van der Waals surface area contributed by atoms with Crippen molar-refractivity contribution in [1.29, 1.82) is 0 Å². The third-order valence-electron chi connectivity index (χ3n) is 9.85. The zero-order chi connectivity index (χ0) is 15.5. The van der Waals surface area contributed by atoms with E-state index in [-0.39, 0.29) is 0 Å². The Bertz CT molecular complexity index is 570. The predicted molar refractivity (Wildman–Crippen MR) is 85.3 cm³/mol. The number of rotatable bonds is 1. The minimum Gasteiger partial charge on any atom is -0.481 e. The molecule has 0 aromatic heterocycles. The Morgan fingerprint density at radius 3 is 2.41 bits per heavy atom. The standard InChI is InChI=1S/C20H30O2/c1-17-6-4-7-18(2,16(21)22)14(17)5-8-20-10-13-12(9-15(17)20)19(13,3)11-20/h12-15H,4-11H2,1-3H3,(H,21,22)/t12-,13?,14?,15?,17+,18+,19-,20-/m0/s1. The van der Waals surface area contributed by atoms with Gasteiger partial charge < -0.3 is 5.11 Å². The monoisotopic (exact) mass is 302 g/mol. The molecule has 0 amide bonds. The summed E-state index contributed by atoms with van der Waals surface area (Å²) in [4.78, 5) is 12.0. The summed E-state index contributed by atoms with van der Waals surface area (Å²) in [6, 6.07) is 0. The Balaban J connectivity index is 1.56. The first kappa shape index (κ1) is 13.9. The van der Waals surface area contributed by atoms with Crippen LogP contribution in [-0.2, 0) is 4.79 Å². The van der Waals surface area contributed by atoms with Crippen LogP contribution in [0.25, 0.3) is 0 Å². The van der Waals surface area contributed by atoms with Crippen LogP contribution < -0.4 is 0 Å². The normalized spacial score (nSPS) is 64.7. The van der Waals surface area contributed by atoms with Crippen molar-refractivity contribution in [3.8, 4) is 0 Å². The maximum Gasteiger partial charge on any atom is 0.309 e. The smallest absolute Gasteiger partial charge is 0.309 e. The molecule has 2 nitrogen and oxygen atoms in total. The zero-order valence-electron chi connectivity index (χ0n) is 14.3. The lowest BCUT2D eigenvalue weighted by atomic mass is 9.39. The fraction of sp³-hybridized carbons (Fsp3) is 0.950. The van der Waals surface area contributed by atoms with Crippen molar-refractivity contribution in [2.45, 2.75) is 72.1 Å². The van der Waals surface area contributed by atoms with Gasteiger partial charge in [0.2, 0.25) is 0 Å². The second kappa shape index (κ2) is 3.59. The molecule has 0 saturated heterocycles. The van der Waals surface area contributed by atoms with E-state index in [2.05, 4.69) is 20.8 Å². The van der Waals surface area contributed by atoms with E-state index in [1.165, 1.54) is 38.5 Å². The molecule has 2 heteroatoms. The third-order valence-corrected chi connectivity index (χ3v) is 9.85. The molecule has 1 spiro atoms. The zero-order valence-corrected chi connectivity index (χ0v) is 14.3. The second-order valence-electron chi connectivity index (χ2n) is 10.4. The van der Waals surface area contributed by atoms with Crippen molar-refractivity contribution in [3.05, 3.63) is 0 Å². The molecule has 0 aliphatic heterocycles. The molecule has 22 heavy (non-hydrogen) atoms. The lowest BCUT2D eigenvalue weighted by Crippen LogP contribution is -2.59. The molecule has 0 heterocycles. The molecule has 6 saturated carbocycles. The van der Waals surface area contributed by atoms with Crippen molar-refractivity contribution >= 4 is 5.97 Å². The molecule has 122 valence electrons. The van der Waals surface area contributed by atoms with Gasteiger partial charge in [-0.05, 0) is 91.8 Å². The largest absolute Gasteiger partial charge is 0.481 e. The summed E-state index contributed by atoms with van der Waals surface area (Å²) < 4.78 is 0. The molecule has 3 unspecified atom stereocenters. The number of hydrogen-bond donors (Lipinski definition) is 1. The maximum absolute atomic E-state index is 12.0. The molecule has 1 N–H and O–H groups in total. The summed E-state index contributed by atoms with van der Waals surface area (Å²) >= 11 is 0. The summed E-state index contributed by atoms with van der Waals surface area (Å²) in [5, 5.41) is 9.92. The van der Waals surface area contributed by atoms with Gasteiger partial charge in [0.15, 0.2) is 0 Å². The van der Waals surface area contributed by atoms with Crippen molar-refractivity contribution < 1.29 is 9.90 Å². The van der Waals surface area contributed by atoms with Gasteiger partial charge in [0.25, 0.3) is 0 Å². The van der Waals surface area contributed by atoms with Crippen LogP contribution in [0.1, 0.15) is 72.1 Å². The van der Waals surface area contributed by atoms with Crippen LogP contribution >= 0.6 is 0 Å². The summed E-state index contributed by atoms with van der Waals surface area (Å²) in [7, 11) is 0. The van der Waals surface area contributed by atoms with E-state index < -0.39 is 11.4 Å². The number of fused-ring (bicyclic) bond motifs is 1. The number of aliphatic carboxylic acids is 1. The Morgan fingerprint density at radius 2 is 1.77 bits per heavy atom. The highest BCUT2D eigenvalue weighted by Crippen LogP contribution is 2.85. The Hall–Kier alpha value is -0.530. The van der Waals surface area contributed by atoms with Crippen LogP contribution in [0.5, 0.6) is 0 Å². The van der Waals surface area contributed by atoms with E-state index in [1.54, 1.807) is 0 Å². The van der Waals surface area contributed by atoms with Crippen LogP contribution in [0, 0.1) is 45.3 Å². The summed E-state index contributed by atoms with van der Waals surface area (Å²) in [6.45, 7) is 7.09. The van der Waals surface area contributed by atoms with Crippen molar-refractivity contribution in [2.24, 2.45) is 45.3 Å². The number of hydrogen-bond acceptors (Lipinski definition) is 1.